The molecule has 2 fully saturated rings. The summed E-state index contributed by atoms with van der Waals surface area (Å²) in [6.07, 6.45) is 7.28. The number of nitrogens with zero attached hydrogens (tertiary/aromatic N) is 1. The normalized spacial score (nSPS) is 24.1. The molecule has 0 aromatic carbocycles. The topological polar surface area (TPSA) is 58.4 Å². The van der Waals surface area contributed by atoms with Gasteiger partial charge in [0.1, 0.15) is 0 Å². The lowest BCUT2D eigenvalue weighted by Crippen LogP contribution is -2.41. The first-order valence-electron chi connectivity index (χ1n) is 6.98. The van der Waals surface area contributed by atoms with Crippen LogP contribution in [0.15, 0.2) is 0 Å². The minimum Gasteiger partial charge on any atom is -0.354 e. The average Bonchev–Trinajstić information content (AvgIpc) is 3.15. The summed E-state index contributed by atoms with van der Waals surface area (Å²) >= 11 is 0. The second kappa shape index (κ2) is 5.83. The molecule has 1 aliphatic carbocycles. The minimum absolute atomic E-state index is 0.176. The highest BCUT2D eigenvalue weighted by Crippen LogP contribution is 2.44. The van der Waals surface area contributed by atoms with E-state index in [4.69, 9.17) is 5.73 Å². The lowest BCUT2D eigenvalue weighted by Gasteiger charge is -2.20. The molecule has 98 valence electrons. The third kappa shape index (κ3) is 3.42. The van der Waals surface area contributed by atoms with Gasteiger partial charge in [-0.3, -0.25) is 4.79 Å². The molecule has 3 N–H and O–H groups in total. The molecule has 0 atom stereocenters. The first-order chi connectivity index (χ1) is 8.27. The maximum Gasteiger partial charge on any atom is 0.227 e. The molecule has 4 heteroatoms. The van der Waals surface area contributed by atoms with E-state index in [1.807, 2.05) is 0 Å². The van der Waals surface area contributed by atoms with Gasteiger partial charge in [0.2, 0.25) is 5.91 Å². The second-order valence-electron chi connectivity index (χ2n) is 5.50. The Morgan fingerprint density at radius 2 is 1.82 bits per heavy atom. The van der Waals surface area contributed by atoms with Crippen LogP contribution in [0.2, 0.25) is 0 Å². The minimum atomic E-state index is -0.196. The smallest absolute Gasteiger partial charge is 0.227 e. The van der Waals surface area contributed by atoms with E-state index < -0.39 is 0 Å². The van der Waals surface area contributed by atoms with E-state index in [1.165, 1.54) is 38.8 Å². The van der Waals surface area contributed by atoms with E-state index in [2.05, 4.69) is 10.2 Å². The van der Waals surface area contributed by atoms with Crippen LogP contribution in [0.1, 0.15) is 38.5 Å². The van der Waals surface area contributed by atoms with E-state index in [0.29, 0.717) is 6.54 Å². The maximum atomic E-state index is 11.9. The highest BCUT2D eigenvalue weighted by atomic mass is 16.2. The van der Waals surface area contributed by atoms with E-state index in [1.54, 1.807) is 0 Å². The fourth-order valence-electron chi connectivity index (χ4n) is 2.55. The van der Waals surface area contributed by atoms with Gasteiger partial charge in [-0.25, -0.2) is 0 Å². The molecule has 0 unspecified atom stereocenters. The summed E-state index contributed by atoms with van der Waals surface area (Å²) < 4.78 is 0. The third-order valence-corrected chi connectivity index (χ3v) is 4.14. The number of nitrogens with two attached hydrogens (primary N) is 1. The lowest BCUT2D eigenvalue weighted by atomic mass is 10.1. The van der Waals surface area contributed by atoms with Gasteiger partial charge in [0, 0.05) is 19.6 Å². The molecule has 1 heterocycles. The summed E-state index contributed by atoms with van der Waals surface area (Å²) in [4.78, 5) is 14.3. The van der Waals surface area contributed by atoms with Crippen LogP contribution in [0.25, 0.3) is 0 Å². The van der Waals surface area contributed by atoms with Crippen molar-refractivity contribution in [3.05, 3.63) is 0 Å². The van der Waals surface area contributed by atoms with Gasteiger partial charge < -0.3 is 16.0 Å². The summed E-state index contributed by atoms with van der Waals surface area (Å²) in [7, 11) is 0. The van der Waals surface area contributed by atoms with Crippen LogP contribution < -0.4 is 11.1 Å². The second-order valence-corrected chi connectivity index (χ2v) is 5.50. The lowest BCUT2D eigenvalue weighted by molar-refractivity contribution is -0.126. The third-order valence-electron chi connectivity index (χ3n) is 4.14. The van der Waals surface area contributed by atoms with Gasteiger partial charge in [-0.1, -0.05) is 12.8 Å². The zero-order valence-electron chi connectivity index (χ0n) is 10.7. The molecular formula is C13H25N3O. The molecule has 0 radical (unpaired) electrons. The van der Waals surface area contributed by atoms with E-state index in [9.17, 15) is 4.79 Å². The van der Waals surface area contributed by atoms with Crippen molar-refractivity contribution in [2.75, 3.05) is 32.7 Å². The van der Waals surface area contributed by atoms with Crippen LogP contribution in [-0.2, 0) is 4.79 Å². The van der Waals surface area contributed by atoms with Gasteiger partial charge in [-0.15, -0.1) is 0 Å². The van der Waals surface area contributed by atoms with Crippen molar-refractivity contribution >= 4 is 5.91 Å². The van der Waals surface area contributed by atoms with E-state index in [-0.39, 0.29) is 11.3 Å². The quantitative estimate of drug-likeness (QED) is 0.743. The molecule has 1 amide bonds. The molecule has 4 nitrogen and oxygen atoms in total. The Labute approximate surface area is 104 Å². The van der Waals surface area contributed by atoms with Crippen molar-refractivity contribution in [1.29, 1.82) is 0 Å². The van der Waals surface area contributed by atoms with Crippen molar-refractivity contribution in [1.82, 2.24) is 10.2 Å². The molecule has 0 bridgehead atoms. The Morgan fingerprint density at radius 3 is 2.35 bits per heavy atom. The van der Waals surface area contributed by atoms with Crippen LogP contribution >= 0.6 is 0 Å². The molecule has 17 heavy (non-hydrogen) atoms. The molecule has 1 aliphatic heterocycles. The molecule has 0 aromatic heterocycles. The van der Waals surface area contributed by atoms with Crippen molar-refractivity contribution in [3.63, 3.8) is 0 Å². The van der Waals surface area contributed by atoms with Crippen molar-refractivity contribution in [3.8, 4) is 0 Å². The molecule has 1 saturated heterocycles. The predicted octanol–water partition coefficient (Wildman–Crippen LogP) is 0.717. The first kappa shape index (κ1) is 12.8. The Balaban J connectivity index is 1.63. The summed E-state index contributed by atoms with van der Waals surface area (Å²) in [5, 5.41) is 3.04. The number of carbonyl (C=O) groups excluding carboxylic acids is 1. The zero-order chi connectivity index (χ0) is 12.1. The molecule has 0 aromatic rings. The van der Waals surface area contributed by atoms with Gasteiger partial charge in [-0.05, 0) is 38.8 Å². The highest BCUT2D eigenvalue weighted by Gasteiger charge is 2.48. The fourth-order valence-corrected chi connectivity index (χ4v) is 2.55. The van der Waals surface area contributed by atoms with Crippen molar-refractivity contribution < 1.29 is 4.79 Å². The largest absolute Gasteiger partial charge is 0.354 e. The Morgan fingerprint density at radius 1 is 1.18 bits per heavy atom. The van der Waals surface area contributed by atoms with Crippen LogP contribution in [0, 0.1) is 5.41 Å². The molecule has 2 aliphatic rings. The first-order valence-corrected chi connectivity index (χ1v) is 6.98. The van der Waals surface area contributed by atoms with Gasteiger partial charge in [0.25, 0.3) is 0 Å². The highest BCUT2D eigenvalue weighted by molar-refractivity contribution is 5.85. The summed E-state index contributed by atoms with van der Waals surface area (Å²) in [6.45, 7) is 4.66. The van der Waals surface area contributed by atoms with E-state index >= 15 is 0 Å². The average molecular weight is 239 g/mol. The van der Waals surface area contributed by atoms with Crippen LogP contribution in [0.3, 0.4) is 0 Å². The summed E-state index contributed by atoms with van der Waals surface area (Å²) in [5.74, 6) is 0.176. The van der Waals surface area contributed by atoms with Crippen molar-refractivity contribution in [2.24, 2.45) is 11.1 Å². The van der Waals surface area contributed by atoms with Gasteiger partial charge in [0.15, 0.2) is 0 Å². The van der Waals surface area contributed by atoms with Crippen LogP contribution in [0.4, 0.5) is 0 Å². The predicted molar refractivity (Wildman–Crippen MR) is 68.6 cm³/mol. The Bertz CT molecular complexity index is 255. The van der Waals surface area contributed by atoms with Gasteiger partial charge in [-0.2, -0.15) is 0 Å². The number of likely N-dealkylation sites (tertiary alicyclic amines) is 1. The number of amides is 1. The van der Waals surface area contributed by atoms with Gasteiger partial charge in [0.05, 0.1) is 5.41 Å². The Hall–Kier alpha value is -0.610. The standard InChI is InChI=1S/C13H25N3O/c14-11-13(5-6-13)12(17)15-7-10-16-8-3-1-2-4-9-16/h1-11,14H2,(H,15,17). The molecular weight excluding hydrogens is 214 g/mol. The summed E-state index contributed by atoms with van der Waals surface area (Å²) in [6, 6.07) is 0. The van der Waals surface area contributed by atoms with Gasteiger partial charge >= 0.3 is 0 Å². The number of rotatable bonds is 5. The molecule has 1 saturated carbocycles. The van der Waals surface area contributed by atoms with Crippen LogP contribution in [0.5, 0.6) is 0 Å². The number of carbonyl (C=O) groups is 1. The van der Waals surface area contributed by atoms with Crippen LogP contribution in [-0.4, -0.2) is 43.5 Å². The monoisotopic (exact) mass is 239 g/mol. The number of nitrogens with one attached hydrogen (secondary N) is 1. The summed E-state index contributed by atoms with van der Waals surface area (Å²) in [5.41, 5.74) is 5.44. The maximum absolute atomic E-state index is 11.9. The Kier molecular flexibility index (Phi) is 4.40. The zero-order valence-corrected chi connectivity index (χ0v) is 10.7. The van der Waals surface area contributed by atoms with Crippen molar-refractivity contribution in [2.45, 2.75) is 38.5 Å². The fraction of sp³-hybridized carbons (Fsp3) is 0.923. The molecule has 0 spiro atoms. The SMILES string of the molecule is NCC1(C(=O)NCCN2CCCCCC2)CC1. The number of hydrogen-bond acceptors (Lipinski definition) is 3. The number of hydrogen-bond donors (Lipinski definition) is 2. The van der Waals surface area contributed by atoms with E-state index in [0.717, 1.165) is 25.9 Å². The molecule has 2 rings (SSSR count).